The minimum Gasteiger partial charge on any atom is -0.381 e. The summed E-state index contributed by atoms with van der Waals surface area (Å²) in [6, 6.07) is 4.33. The van der Waals surface area contributed by atoms with Crippen LogP contribution in [0.15, 0.2) is 18.3 Å². The fraction of sp³-hybridized carbons (Fsp3) is 0.462. The zero-order valence-corrected chi connectivity index (χ0v) is 9.73. The summed E-state index contributed by atoms with van der Waals surface area (Å²) in [6.07, 6.45) is 3.11. The van der Waals surface area contributed by atoms with Crippen molar-refractivity contribution < 1.29 is 4.74 Å². The summed E-state index contributed by atoms with van der Waals surface area (Å²) in [5, 5.41) is 0. The lowest BCUT2D eigenvalue weighted by Gasteiger charge is -2.10. The molecule has 0 amide bonds. The molecule has 1 fully saturated rings. The predicted molar refractivity (Wildman–Crippen MR) is 62.8 cm³/mol. The lowest BCUT2D eigenvalue weighted by Crippen LogP contribution is -2.04. The molecule has 1 saturated heterocycles. The molecule has 3 heteroatoms. The van der Waals surface area contributed by atoms with Gasteiger partial charge in [-0.1, -0.05) is 0 Å². The number of imidazole rings is 1. The number of fused-ring (bicyclic) bond motifs is 1. The van der Waals surface area contributed by atoms with Crippen LogP contribution < -0.4 is 0 Å². The highest BCUT2D eigenvalue weighted by molar-refractivity contribution is 5.46. The molecule has 1 aliphatic rings. The van der Waals surface area contributed by atoms with Crippen molar-refractivity contribution >= 4 is 5.65 Å². The van der Waals surface area contributed by atoms with Crippen LogP contribution in [-0.4, -0.2) is 22.6 Å². The molecular formula is C13H16N2O. The SMILES string of the molecule is Cc1cc(C)n2c(C3CCOC3)cnc2c1. The normalized spacial score (nSPS) is 20.8. The van der Waals surface area contributed by atoms with E-state index in [9.17, 15) is 0 Å². The highest BCUT2D eigenvalue weighted by atomic mass is 16.5. The van der Waals surface area contributed by atoms with Crippen LogP contribution >= 0.6 is 0 Å². The Balaban J connectivity index is 2.18. The molecule has 2 aromatic rings. The Morgan fingerprint density at radius 1 is 1.38 bits per heavy atom. The van der Waals surface area contributed by atoms with E-state index in [0.29, 0.717) is 5.92 Å². The number of hydrogen-bond donors (Lipinski definition) is 0. The van der Waals surface area contributed by atoms with Crippen LogP contribution in [0.4, 0.5) is 0 Å². The van der Waals surface area contributed by atoms with E-state index in [1.807, 2.05) is 6.20 Å². The molecule has 16 heavy (non-hydrogen) atoms. The van der Waals surface area contributed by atoms with Crippen molar-refractivity contribution in [2.45, 2.75) is 26.2 Å². The Labute approximate surface area is 95.1 Å². The molecule has 1 unspecified atom stereocenters. The number of aromatic nitrogens is 2. The lowest BCUT2D eigenvalue weighted by molar-refractivity contribution is 0.193. The maximum atomic E-state index is 5.45. The molecule has 1 atom stereocenters. The maximum Gasteiger partial charge on any atom is 0.137 e. The average molecular weight is 216 g/mol. The van der Waals surface area contributed by atoms with E-state index in [0.717, 1.165) is 25.3 Å². The van der Waals surface area contributed by atoms with Crippen molar-refractivity contribution in [1.82, 2.24) is 9.38 Å². The number of pyridine rings is 1. The van der Waals surface area contributed by atoms with Crippen LogP contribution in [0.2, 0.25) is 0 Å². The first-order valence-electron chi connectivity index (χ1n) is 5.78. The van der Waals surface area contributed by atoms with Gasteiger partial charge < -0.3 is 9.14 Å². The van der Waals surface area contributed by atoms with E-state index < -0.39 is 0 Å². The second-order valence-corrected chi connectivity index (χ2v) is 4.61. The molecular weight excluding hydrogens is 200 g/mol. The summed E-state index contributed by atoms with van der Waals surface area (Å²) in [5.41, 5.74) is 4.88. The number of rotatable bonds is 1. The number of hydrogen-bond acceptors (Lipinski definition) is 2. The van der Waals surface area contributed by atoms with E-state index in [2.05, 4.69) is 35.4 Å². The Kier molecular flexibility index (Phi) is 2.21. The largest absolute Gasteiger partial charge is 0.381 e. The lowest BCUT2D eigenvalue weighted by atomic mass is 10.1. The maximum absolute atomic E-state index is 5.45. The first kappa shape index (κ1) is 9.85. The third kappa shape index (κ3) is 1.43. The van der Waals surface area contributed by atoms with Gasteiger partial charge in [0.05, 0.1) is 6.61 Å². The van der Waals surface area contributed by atoms with Crippen molar-refractivity contribution in [2.75, 3.05) is 13.2 Å². The van der Waals surface area contributed by atoms with Gasteiger partial charge in [0.1, 0.15) is 5.65 Å². The molecule has 0 bridgehead atoms. The molecule has 3 rings (SSSR count). The van der Waals surface area contributed by atoms with Gasteiger partial charge in [0.25, 0.3) is 0 Å². The zero-order chi connectivity index (χ0) is 11.1. The van der Waals surface area contributed by atoms with Crippen molar-refractivity contribution in [3.05, 3.63) is 35.3 Å². The first-order chi connectivity index (χ1) is 7.75. The fourth-order valence-electron chi connectivity index (χ4n) is 2.56. The van der Waals surface area contributed by atoms with Gasteiger partial charge in [0.2, 0.25) is 0 Å². The summed E-state index contributed by atoms with van der Waals surface area (Å²) in [6.45, 7) is 5.96. The van der Waals surface area contributed by atoms with Gasteiger partial charge >= 0.3 is 0 Å². The highest BCUT2D eigenvalue weighted by Crippen LogP contribution is 2.27. The molecule has 0 saturated carbocycles. The highest BCUT2D eigenvalue weighted by Gasteiger charge is 2.21. The van der Waals surface area contributed by atoms with Crippen molar-refractivity contribution in [3.63, 3.8) is 0 Å². The van der Waals surface area contributed by atoms with E-state index in [1.165, 1.54) is 17.0 Å². The van der Waals surface area contributed by atoms with E-state index in [-0.39, 0.29) is 0 Å². The molecule has 0 aromatic carbocycles. The molecule has 0 aliphatic carbocycles. The third-order valence-corrected chi connectivity index (χ3v) is 3.31. The van der Waals surface area contributed by atoms with Crippen LogP contribution in [0.1, 0.15) is 29.3 Å². The number of aryl methyl sites for hydroxylation is 2. The van der Waals surface area contributed by atoms with E-state index >= 15 is 0 Å². The van der Waals surface area contributed by atoms with Crippen LogP contribution in [0.5, 0.6) is 0 Å². The molecule has 0 spiro atoms. The van der Waals surface area contributed by atoms with Crippen LogP contribution in [0, 0.1) is 13.8 Å². The van der Waals surface area contributed by atoms with Crippen LogP contribution in [0.25, 0.3) is 5.65 Å². The van der Waals surface area contributed by atoms with Gasteiger partial charge in [-0.25, -0.2) is 4.98 Å². The van der Waals surface area contributed by atoms with Gasteiger partial charge in [0, 0.05) is 30.1 Å². The topological polar surface area (TPSA) is 26.5 Å². The first-order valence-corrected chi connectivity index (χ1v) is 5.78. The molecule has 3 nitrogen and oxygen atoms in total. The summed E-state index contributed by atoms with van der Waals surface area (Å²) >= 11 is 0. The average Bonchev–Trinajstić information content (AvgIpc) is 2.82. The quantitative estimate of drug-likeness (QED) is 0.732. The standard InChI is InChI=1S/C13H16N2O/c1-9-5-10(2)15-12(7-14-13(15)6-9)11-3-4-16-8-11/h5-7,11H,3-4,8H2,1-2H3. The Morgan fingerprint density at radius 2 is 2.25 bits per heavy atom. The summed E-state index contributed by atoms with van der Waals surface area (Å²) in [7, 11) is 0. The monoisotopic (exact) mass is 216 g/mol. The predicted octanol–water partition coefficient (Wildman–Crippen LogP) is 2.46. The second kappa shape index (κ2) is 3.59. The molecule has 0 radical (unpaired) electrons. The second-order valence-electron chi connectivity index (χ2n) is 4.61. The number of ether oxygens (including phenoxy) is 1. The van der Waals surface area contributed by atoms with Crippen molar-refractivity contribution in [3.8, 4) is 0 Å². The third-order valence-electron chi connectivity index (χ3n) is 3.31. The van der Waals surface area contributed by atoms with Crippen LogP contribution in [-0.2, 0) is 4.74 Å². The fourth-order valence-corrected chi connectivity index (χ4v) is 2.56. The van der Waals surface area contributed by atoms with Gasteiger partial charge in [-0.2, -0.15) is 0 Å². The minimum atomic E-state index is 0.511. The van der Waals surface area contributed by atoms with Gasteiger partial charge in [-0.05, 0) is 38.0 Å². The molecule has 3 heterocycles. The molecule has 0 N–H and O–H groups in total. The number of nitrogens with zero attached hydrogens (tertiary/aromatic N) is 2. The van der Waals surface area contributed by atoms with Gasteiger partial charge in [-0.3, -0.25) is 0 Å². The van der Waals surface area contributed by atoms with Gasteiger partial charge in [-0.15, -0.1) is 0 Å². The van der Waals surface area contributed by atoms with Crippen molar-refractivity contribution in [2.24, 2.45) is 0 Å². The Morgan fingerprint density at radius 3 is 3.00 bits per heavy atom. The van der Waals surface area contributed by atoms with Crippen LogP contribution in [0.3, 0.4) is 0 Å². The summed E-state index contributed by atoms with van der Waals surface area (Å²) in [5.74, 6) is 0.511. The van der Waals surface area contributed by atoms with Crippen molar-refractivity contribution in [1.29, 1.82) is 0 Å². The molecule has 1 aliphatic heterocycles. The Hall–Kier alpha value is -1.35. The minimum absolute atomic E-state index is 0.511. The molecule has 2 aromatic heterocycles. The Bertz CT molecular complexity index is 524. The summed E-state index contributed by atoms with van der Waals surface area (Å²) < 4.78 is 7.71. The van der Waals surface area contributed by atoms with E-state index in [4.69, 9.17) is 4.74 Å². The van der Waals surface area contributed by atoms with Gasteiger partial charge in [0.15, 0.2) is 0 Å². The summed E-state index contributed by atoms with van der Waals surface area (Å²) in [4.78, 5) is 4.49. The van der Waals surface area contributed by atoms with E-state index in [1.54, 1.807) is 0 Å². The smallest absolute Gasteiger partial charge is 0.137 e. The zero-order valence-electron chi connectivity index (χ0n) is 9.73. The molecule has 84 valence electrons.